The molecule has 2 N–H and O–H groups in total. The SMILES string of the molecule is CCOc1cc(CN[C@H](CC)CO)cc(Cl)c1OCc1ccc(Cl)cc1Cl. The van der Waals surface area contributed by atoms with Crippen LogP contribution in [0.25, 0.3) is 0 Å². The lowest BCUT2D eigenvalue weighted by Gasteiger charge is -2.18. The minimum absolute atomic E-state index is 0.0438. The number of rotatable bonds is 10. The lowest BCUT2D eigenvalue weighted by Crippen LogP contribution is -2.31. The summed E-state index contributed by atoms with van der Waals surface area (Å²) in [5.41, 5.74) is 1.76. The van der Waals surface area contributed by atoms with Gasteiger partial charge in [0, 0.05) is 28.2 Å². The van der Waals surface area contributed by atoms with Crippen molar-refractivity contribution in [2.45, 2.75) is 39.5 Å². The van der Waals surface area contributed by atoms with Gasteiger partial charge >= 0.3 is 0 Å². The Balaban J connectivity index is 2.17. The number of aliphatic hydroxyl groups excluding tert-OH is 1. The van der Waals surface area contributed by atoms with Crippen molar-refractivity contribution in [3.63, 3.8) is 0 Å². The average Bonchev–Trinajstić information content (AvgIpc) is 2.63. The Labute approximate surface area is 175 Å². The molecule has 2 aromatic carbocycles. The van der Waals surface area contributed by atoms with E-state index in [-0.39, 0.29) is 19.3 Å². The quantitative estimate of drug-likeness (QED) is 0.521. The van der Waals surface area contributed by atoms with E-state index in [2.05, 4.69) is 5.32 Å². The van der Waals surface area contributed by atoms with Crippen molar-refractivity contribution >= 4 is 34.8 Å². The molecule has 0 spiro atoms. The number of hydrogen-bond donors (Lipinski definition) is 2. The summed E-state index contributed by atoms with van der Waals surface area (Å²) in [5, 5.41) is 14.2. The summed E-state index contributed by atoms with van der Waals surface area (Å²) < 4.78 is 11.6. The van der Waals surface area contributed by atoms with Crippen LogP contribution < -0.4 is 14.8 Å². The normalized spacial score (nSPS) is 12.1. The Bertz CT molecular complexity index is 751. The molecule has 7 heteroatoms. The second kappa shape index (κ2) is 11.0. The maximum absolute atomic E-state index is 9.31. The molecule has 0 aliphatic heterocycles. The molecule has 0 amide bonds. The summed E-state index contributed by atoms with van der Waals surface area (Å²) in [6, 6.07) is 9.02. The minimum Gasteiger partial charge on any atom is -0.490 e. The second-order valence-corrected chi connectivity index (χ2v) is 7.28. The molecule has 0 aliphatic carbocycles. The topological polar surface area (TPSA) is 50.7 Å². The first-order valence-corrected chi connectivity index (χ1v) is 9.98. The van der Waals surface area contributed by atoms with Gasteiger partial charge in [0.15, 0.2) is 11.5 Å². The minimum atomic E-state index is 0.0438. The van der Waals surface area contributed by atoms with Crippen LogP contribution in [-0.2, 0) is 13.2 Å². The molecule has 1 atom stereocenters. The number of hydrogen-bond acceptors (Lipinski definition) is 4. The molecule has 0 saturated carbocycles. The summed E-state index contributed by atoms with van der Waals surface area (Å²) in [6.45, 7) is 5.31. The van der Waals surface area contributed by atoms with E-state index in [9.17, 15) is 5.11 Å². The van der Waals surface area contributed by atoms with Crippen LogP contribution in [0.15, 0.2) is 30.3 Å². The highest BCUT2D eigenvalue weighted by Gasteiger charge is 2.14. The molecular formula is C20H24Cl3NO3. The van der Waals surface area contributed by atoms with Gasteiger partial charge in [0.05, 0.1) is 18.2 Å². The van der Waals surface area contributed by atoms with Crippen molar-refractivity contribution in [1.29, 1.82) is 0 Å². The zero-order valence-electron chi connectivity index (χ0n) is 15.4. The molecule has 0 saturated heterocycles. The molecule has 27 heavy (non-hydrogen) atoms. The van der Waals surface area contributed by atoms with Gasteiger partial charge < -0.3 is 19.9 Å². The monoisotopic (exact) mass is 431 g/mol. The van der Waals surface area contributed by atoms with Crippen molar-refractivity contribution < 1.29 is 14.6 Å². The smallest absolute Gasteiger partial charge is 0.180 e. The highest BCUT2D eigenvalue weighted by molar-refractivity contribution is 6.35. The maximum Gasteiger partial charge on any atom is 0.180 e. The first-order valence-electron chi connectivity index (χ1n) is 8.84. The summed E-state index contributed by atoms with van der Waals surface area (Å²) in [7, 11) is 0. The van der Waals surface area contributed by atoms with E-state index < -0.39 is 0 Å². The fourth-order valence-electron chi connectivity index (χ4n) is 2.52. The summed E-state index contributed by atoms with van der Waals surface area (Å²) >= 11 is 18.6. The van der Waals surface area contributed by atoms with E-state index in [1.54, 1.807) is 12.1 Å². The largest absolute Gasteiger partial charge is 0.490 e. The highest BCUT2D eigenvalue weighted by Crippen LogP contribution is 2.37. The van der Waals surface area contributed by atoms with Crippen molar-refractivity contribution in [3.8, 4) is 11.5 Å². The van der Waals surface area contributed by atoms with Crippen LogP contribution in [-0.4, -0.2) is 24.4 Å². The lowest BCUT2D eigenvalue weighted by molar-refractivity contribution is 0.238. The molecule has 0 aromatic heterocycles. The molecule has 2 rings (SSSR count). The number of benzene rings is 2. The van der Waals surface area contributed by atoms with Crippen LogP contribution in [0.4, 0.5) is 0 Å². The summed E-state index contributed by atoms with van der Waals surface area (Å²) in [5.74, 6) is 1.05. The van der Waals surface area contributed by atoms with Gasteiger partial charge in [-0.25, -0.2) is 0 Å². The highest BCUT2D eigenvalue weighted by atomic mass is 35.5. The number of halogens is 3. The third-order valence-electron chi connectivity index (χ3n) is 4.06. The van der Waals surface area contributed by atoms with Gasteiger partial charge in [0.25, 0.3) is 0 Å². The van der Waals surface area contributed by atoms with Gasteiger partial charge in [-0.2, -0.15) is 0 Å². The predicted octanol–water partition coefficient (Wildman–Crippen LogP) is 5.49. The molecule has 0 radical (unpaired) electrons. The zero-order chi connectivity index (χ0) is 19.8. The van der Waals surface area contributed by atoms with Crippen molar-refractivity contribution in [2.24, 2.45) is 0 Å². The van der Waals surface area contributed by atoms with Crippen LogP contribution in [0.5, 0.6) is 11.5 Å². The van der Waals surface area contributed by atoms with Gasteiger partial charge in [-0.05, 0) is 43.2 Å². The Kier molecular flexibility index (Phi) is 9.00. The molecule has 148 valence electrons. The molecule has 0 fully saturated rings. The van der Waals surface area contributed by atoms with E-state index in [4.69, 9.17) is 44.3 Å². The van der Waals surface area contributed by atoms with Crippen molar-refractivity contribution in [2.75, 3.05) is 13.2 Å². The fraction of sp³-hybridized carbons (Fsp3) is 0.400. The summed E-state index contributed by atoms with van der Waals surface area (Å²) in [6.07, 6.45) is 0.839. The molecular weight excluding hydrogens is 409 g/mol. The Morgan fingerprint density at radius 2 is 1.81 bits per heavy atom. The van der Waals surface area contributed by atoms with E-state index in [0.717, 1.165) is 17.5 Å². The molecule has 0 unspecified atom stereocenters. The summed E-state index contributed by atoms with van der Waals surface area (Å²) in [4.78, 5) is 0. The molecule has 0 bridgehead atoms. The Morgan fingerprint density at radius 3 is 2.44 bits per heavy atom. The van der Waals surface area contributed by atoms with Crippen LogP contribution in [0, 0.1) is 0 Å². The predicted molar refractivity (Wildman–Crippen MR) is 111 cm³/mol. The fourth-order valence-corrected chi connectivity index (χ4v) is 3.27. The second-order valence-electron chi connectivity index (χ2n) is 6.03. The number of nitrogens with one attached hydrogen (secondary N) is 1. The van der Waals surface area contributed by atoms with Gasteiger partial charge in [0.1, 0.15) is 6.61 Å². The van der Waals surface area contributed by atoms with E-state index in [1.165, 1.54) is 0 Å². The number of ether oxygens (including phenoxy) is 2. The van der Waals surface area contributed by atoms with Crippen molar-refractivity contribution in [3.05, 3.63) is 56.5 Å². The van der Waals surface area contributed by atoms with E-state index >= 15 is 0 Å². The first kappa shape index (κ1) is 22.1. The molecule has 4 nitrogen and oxygen atoms in total. The van der Waals surface area contributed by atoms with E-state index in [1.807, 2.05) is 32.0 Å². The standard InChI is InChI=1S/C20H24Cl3NO3/c1-3-16(11-25)24-10-13-7-18(23)20(19(8-13)26-4-2)27-12-14-5-6-15(21)9-17(14)22/h5-9,16,24-25H,3-4,10-12H2,1-2H3/t16-/m1/s1. The third kappa shape index (κ3) is 6.44. The number of aliphatic hydroxyl groups is 1. The van der Waals surface area contributed by atoms with Crippen LogP contribution in [0.2, 0.25) is 15.1 Å². The van der Waals surface area contributed by atoms with Crippen molar-refractivity contribution in [1.82, 2.24) is 5.32 Å². The first-order chi connectivity index (χ1) is 13.0. The molecule has 0 aliphatic rings. The van der Waals surface area contributed by atoms with Crippen LogP contribution in [0.3, 0.4) is 0 Å². The van der Waals surface area contributed by atoms with Crippen LogP contribution >= 0.6 is 34.8 Å². The zero-order valence-corrected chi connectivity index (χ0v) is 17.7. The van der Waals surface area contributed by atoms with E-state index in [0.29, 0.717) is 39.7 Å². The Morgan fingerprint density at radius 1 is 1.04 bits per heavy atom. The molecule has 0 heterocycles. The molecule has 2 aromatic rings. The average molecular weight is 433 g/mol. The van der Waals surface area contributed by atoms with Gasteiger partial charge in [0.2, 0.25) is 0 Å². The van der Waals surface area contributed by atoms with Gasteiger partial charge in [-0.1, -0.05) is 47.8 Å². The Hall–Kier alpha value is -1.17. The third-order valence-corrected chi connectivity index (χ3v) is 4.93. The van der Waals surface area contributed by atoms with Crippen LogP contribution in [0.1, 0.15) is 31.4 Å². The van der Waals surface area contributed by atoms with Gasteiger partial charge in [-0.15, -0.1) is 0 Å². The lowest BCUT2D eigenvalue weighted by atomic mass is 10.1. The maximum atomic E-state index is 9.31. The van der Waals surface area contributed by atoms with Gasteiger partial charge in [-0.3, -0.25) is 0 Å².